The number of hydroxylamine groups is 2. The molecule has 0 spiro atoms. The van der Waals surface area contributed by atoms with Gasteiger partial charge >= 0.3 is 0 Å². The Morgan fingerprint density at radius 3 is 2.71 bits per heavy atom. The van der Waals surface area contributed by atoms with Gasteiger partial charge in [-0.2, -0.15) is 5.48 Å². The second kappa shape index (κ2) is 8.54. The Balaban J connectivity index is 1.34. The number of nitrogens with zero attached hydrogens (tertiary/aromatic N) is 3. The molecule has 0 radical (unpaired) electrons. The molecule has 2 fully saturated rings. The molecule has 3 heterocycles. The Hall–Kier alpha value is -3.14. The summed E-state index contributed by atoms with van der Waals surface area (Å²) in [5.74, 6) is -0.712. The summed E-state index contributed by atoms with van der Waals surface area (Å²) >= 11 is 0. The summed E-state index contributed by atoms with van der Waals surface area (Å²) < 4.78 is 28.1. The van der Waals surface area contributed by atoms with Gasteiger partial charge in [-0.1, -0.05) is 24.3 Å². The van der Waals surface area contributed by atoms with Gasteiger partial charge in [0.05, 0.1) is 25.3 Å². The van der Waals surface area contributed by atoms with E-state index in [1.54, 1.807) is 12.1 Å². The summed E-state index contributed by atoms with van der Waals surface area (Å²) in [7, 11) is 0. The molecular weight excluding hydrogens is 404 g/mol. The quantitative estimate of drug-likeness (QED) is 0.630. The third-order valence-electron chi connectivity index (χ3n) is 5.44. The average Bonchev–Trinajstić information content (AvgIpc) is 3.49. The van der Waals surface area contributed by atoms with Gasteiger partial charge in [-0.25, -0.2) is 23.8 Å². The Kier molecular flexibility index (Phi) is 5.46. The van der Waals surface area contributed by atoms with Crippen molar-refractivity contribution < 1.29 is 18.5 Å². The maximum atomic E-state index is 14.3. The van der Waals surface area contributed by atoms with Gasteiger partial charge < -0.3 is 10.2 Å². The van der Waals surface area contributed by atoms with Crippen molar-refractivity contribution in [2.24, 2.45) is 0 Å². The number of anilines is 3. The fourth-order valence-corrected chi connectivity index (χ4v) is 3.87. The fraction of sp³-hybridized carbons (Fsp3) is 0.273. The van der Waals surface area contributed by atoms with E-state index >= 15 is 0 Å². The number of hydrogen-bond acceptors (Lipinski definition) is 7. The molecule has 0 saturated carbocycles. The van der Waals surface area contributed by atoms with Gasteiger partial charge in [0.1, 0.15) is 12.1 Å². The van der Waals surface area contributed by atoms with Crippen molar-refractivity contribution >= 4 is 17.3 Å². The number of hydrogen-bond donors (Lipinski definition) is 2. The lowest BCUT2D eigenvalue weighted by Gasteiger charge is -2.24. The maximum Gasteiger partial charge on any atom is 0.164 e. The molecule has 7 nitrogen and oxygen atoms in total. The minimum Gasteiger partial charge on any atom is -0.340 e. The zero-order valence-corrected chi connectivity index (χ0v) is 16.6. The first-order chi connectivity index (χ1) is 15.2. The van der Waals surface area contributed by atoms with E-state index in [1.165, 1.54) is 17.5 Å². The molecule has 2 atom stereocenters. The highest BCUT2D eigenvalue weighted by Crippen LogP contribution is 2.36. The second-order valence-corrected chi connectivity index (χ2v) is 7.42. The van der Waals surface area contributed by atoms with Crippen LogP contribution in [0.2, 0.25) is 0 Å². The van der Waals surface area contributed by atoms with Crippen molar-refractivity contribution in [3.05, 3.63) is 77.6 Å². The normalized spacial score (nSPS) is 20.9. The first-order valence-corrected chi connectivity index (χ1v) is 10.1. The van der Waals surface area contributed by atoms with Crippen LogP contribution < -0.4 is 15.9 Å². The molecule has 0 aliphatic carbocycles. The maximum absolute atomic E-state index is 14.3. The van der Waals surface area contributed by atoms with E-state index in [2.05, 4.69) is 20.8 Å². The van der Waals surface area contributed by atoms with Crippen molar-refractivity contribution in [2.45, 2.75) is 24.9 Å². The van der Waals surface area contributed by atoms with Gasteiger partial charge in [-0.05, 0) is 30.2 Å². The van der Waals surface area contributed by atoms with Crippen LogP contribution in [0.15, 0.2) is 54.9 Å². The largest absolute Gasteiger partial charge is 0.340 e. The molecule has 2 unspecified atom stereocenters. The Bertz CT molecular complexity index is 1060. The first-order valence-electron chi connectivity index (χ1n) is 10.1. The van der Waals surface area contributed by atoms with Gasteiger partial charge in [-0.3, -0.25) is 4.84 Å². The predicted octanol–water partition coefficient (Wildman–Crippen LogP) is 4.35. The minimum atomic E-state index is -0.878. The van der Waals surface area contributed by atoms with E-state index in [-0.39, 0.29) is 11.6 Å². The Morgan fingerprint density at radius 1 is 1.03 bits per heavy atom. The third kappa shape index (κ3) is 4.07. The van der Waals surface area contributed by atoms with Crippen LogP contribution in [-0.2, 0) is 9.68 Å². The number of nitrogens with one attached hydrogen (secondary N) is 2. The molecule has 9 heteroatoms. The Labute approximate surface area is 177 Å². The standard InChI is InChI=1S/C22H21F2N5O2/c23-17-3-1-2-16(22(17)24)19-9-11-31-29(19)21-12-20(25-13-26-21)27-15-6-4-14(5-7-15)18-8-10-30-28-18/h1-7,12-13,18-19,28H,8-11H2,(H,25,26,27). The first kappa shape index (κ1) is 19.8. The van der Waals surface area contributed by atoms with Crippen molar-refractivity contribution in [1.82, 2.24) is 15.4 Å². The van der Waals surface area contributed by atoms with Crippen LogP contribution in [0.4, 0.5) is 26.1 Å². The van der Waals surface area contributed by atoms with E-state index in [4.69, 9.17) is 9.68 Å². The monoisotopic (exact) mass is 425 g/mol. The SMILES string of the molecule is Fc1cccc(C2CCON2c2cc(Nc3ccc(C4CCON4)cc3)ncn2)c1F. The number of aromatic nitrogens is 2. The second-order valence-electron chi connectivity index (χ2n) is 7.42. The molecule has 31 heavy (non-hydrogen) atoms. The third-order valence-corrected chi connectivity index (χ3v) is 5.44. The summed E-state index contributed by atoms with van der Waals surface area (Å²) in [6.07, 6.45) is 2.87. The zero-order valence-electron chi connectivity index (χ0n) is 16.6. The molecule has 2 N–H and O–H groups in total. The van der Waals surface area contributed by atoms with Crippen molar-refractivity contribution in [3.63, 3.8) is 0 Å². The topological polar surface area (TPSA) is 71.5 Å². The fourth-order valence-electron chi connectivity index (χ4n) is 3.87. The molecule has 3 aromatic rings. The molecule has 160 valence electrons. The summed E-state index contributed by atoms with van der Waals surface area (Å²) in [5, 5.41) is 4.76. The van der Waals surface area contributed by atoms with Crippen LogP contribution in [0.5, 0.6) is 0 Å². The highest BCUT2D eigenvalue weighted by Gasteiger charge is 2.32. The van der Waals surface area contributed by atoms with E-state index in [1.807, 2.05) is 24.3 Å². The highest BCUT2D eigenvalue weighted by molar-refractivity contribution is 5.59. The van der Waals surface area contributed by atoms with Crippen LogP contribution >= 0.6 is 0 Å². The van der Waals surface area contributed by atoms with Crippen molar-refractivity contribution in [2.75, 3.05) is 23.6 Å². The predicted molar refractivity (Wildman–Crippen MR) is 110 cm³/mol. The molecule has 2 aliphatic heterocycles. The number of halogens is 2. The summed E-state index contributed by atoms with van der Waals surface area (Å²) in [4.78, 5) is 19.4. The van der Waals surface area contributed by atoms with E-state index in [0.717, 1.165) is 23.7 Å². The van der Waals surface area contributed by atoms with Crippen LogP contribution in [0.25, 0.3) is 0 Å². The van der Waals surface area contributed by atoms with Gasteiger partial charge in [0.2, 0.25) is 0 Å². The van der Waals surface area contributed by atoms with Crippen molar-refractivity contribution in [1.29, 1.82) is 0 Å². The molecule has 2 saturated heterocycles. The van der Waals surface area contributed by atoms with E-state index < -0.39 is 17.7 Å². The molecule has 2 aliphatic rings. The lowest BCUT2D eigenvalue weighted by atomic mass is 10.0. The lowest BCUT2D eigenvalue weighted by molar-refractivity contribution is 0.0883. The van der Waals surface area contributed by atoms with Gasteiger partial charge in [-0.15, -0.1) is 0 Å². The number of benzene rings is 2. The van der Waals surface area contributed by atoms with Crippen LogP contribution in [0, 0.1) is 11.6 Å². The van der Waals surface area contributed by atoms with Crippen LogP contribution in [0.1, 0.15) is 36.1 Å². The smallest absolute Gasteiger partial charge is 0.164 e. The van der Waals surface area contributed by atoms with Crippen molar-refractivity contribution in [3.8, 4) is 0 Å². The highest BCUT2D eigenvalue weighted by atomic mass is 19.2. The van der Waals surface area contributed by atoms with Gasteiger partial charge in [0.25, 0.3) is 0 Å². The van der Waals surface area contributed by atoms with Gasteiger partial charge in [0.15, 0.2) is 17.5 Å². The average molecular weight is 425 g/mol. The molecule has 0 amide bonds. The molecule has 5 rings (SSSR count). The van der Waals surface area contributed by atoms with E-state index in [0.29, 0.717) is 31.3 Å². The van der Waals surface area contributed by atoms with Gasteiger partial charge in [0, 0.05) is 23.7 Å². The molecule has 0 bridgehead atoms. The lowest BCUT2D eigenvalue weighted by Crippen LogP contribution is -2.23. The molecular formula is C22H21F2N5O2. The van der Waals surface area contributed by atoms with E-state index in [9.17, 15) is 8.78 Å². The van der Waals surface area contributed by atoms with Crippen LogP contribution in [-0.4, -0.2) is 23.2 Å². The minimum absolute atomic E-state index is 0.201. The summed E-state index contributed by atoms with van der Waals surface area (Å²) in [6, 6.07) is 13.6. The summed E-state index contributed by atoms with van der Waals surface area (Å²) in [6.45, 7) is 1.08. The summed E-state index contributed by atoms with van der Waals surface area (Å²) in [5.41, 5.74) is 5.25. The zero-order chi connectivity index (χ0) is 21.2. The Morgan fingerprint density at radius 2 is 1.90 bits per heavy atom. The molecule has 2 aromatic carbocycles. The van der Waals surface area contributed by atoms with Crippen LogP contribution in [0.3, 0.4) is 0 Å². The number of rotatable bonds is 5. The molecule has 1 aromatic heterocycles.